The number of anilines is 1. The molecule has 1 fully saturated rings. The quantitative estimate of drug-likeness (QED) is 0.474. The molecule has 0 bridgehead atoms. The Hall–Kier alpha value is -1.67. The van der Waals surface area contributed by atoms with Crippen LogP contribution >= 0.6 is 39.0 Å². The number of nitrogens with zero attached hydrogens (tertiary/aromatic N) is 1. The maximum absolute atomic E-state index is 13.4. The number of carbonyl (C=O) groups is 1. The Morgan fingerprint density at radius 3 is 2.45 bits per heavy atom. The van der Waals surface area contributed by atoms with E-state index in [0.717, 1.165) is 30.7 Å². The van der Waals surface area contributed by atoms with Crippen molar-refractivity contribution in [3.8, 4) is 0 Å². The molecule has 0 spiro atoms. The molecule has 29 heavy (non-hydrogen) atoms. The molecule has 7 heteroatoms. The van der Waals surface area contributed by atoms with Crippen LogP contribution in [0.25, 0.3) is 0 Å². The van der Waals surface area contributed by atoms with Crippen LogP contribution in [-0.4, -0.2) is 24.1 Å². The van der Waals surface area contributed by atoms with Gasteiger partial charge in [0, 0.05) is 39.3 Å². The highest BCUT2D eigenvalue weighted by Crippen LogP contribution is 2.37. The fourth-order valence-electron chi connectivity index (χ4n) is 3.47. The van der Waals surface area contributed by atoms with Gasteiger partial charge in [0.25, 0.3) is 0 Å². The molecule has 0 atom stereocenters. The minimum Gasteiger partial charge on any atom is -0.381 e. The second-order valence-corrected chi connectivity index (χ2v) is 10.1. The zero-order chi connectivity index (χ0) is 20.3. The van der Waals surface area contributed by atoms with E-state index in [4.69, 9.17) is 4.74 Å². The molecule has 1 aromatic heterocycles. The molecule has 1 saturated heterocycles. The van der Waals surface area contributed by atoms with Crippen LogP contribution < -0.4 is 5.32 Å². The zero-order valence-corrected chi connectivity index (χ0v) is 19.2. The van der Waals surface area contributed by atoms with Gasteiger partial charge >= 0.3 is 0 Å². The number of halogens is 1. The summed E-state index contributed by atoms with van der Waals surface area (Å²) >= 11 is 6.76. The van der Waals surface area contributed by atoms with Gasteiger partial charge in [0.05, 0.1) is 5.41 Å². The molecule has 2 aromatic carbocycles. The van der Waals surface area contributed by atoms with Gasteiger partial charge in [-0.3, -0.25) is 4.79 Å². The predicted octanol–water partition coefficient (Wildman–Crippen LogP) is 6.05. The molecule has 0 saturated carbocycles. The molecular weight excluding hydrogens is 468 g/mol. The number of benzene rings is 2. The number of aryl methyl sites for hydroxylation is 1. The van der Waals surface area contributed by atoms with E-state index in [-0.39, 0.29) is 5.91 Å². The van der Waals surface area contributed by atoms with Gasteiger partial charge < -0.3 is 10.1 Å². The normalized spacial score (nSPS) is 15.8. The average molecular weight is 489 g/mol. The number of hydrogen-bond acceptors (Lipinski definition) is 5. The Kier molecular flexibility index (Phi) is 6.39. The summed E-state index contributed by atoms with van der Waals surface area (Å²) < 4.78 is 7.58. The second kappa shape index (κ2) is 9.00. The summed E-state index contributed by atoms with van der Waals surface area (Å²) in [6, 6.07) is 16.0. The minimum atomic E-state index is -0.565. The lowest BCUT2D eigenvalue weighted by molar-refractivity contribution is -0.125. The first kappa shape index (κ1) is 20.6. The van der Waals surface area contributed by atoms with Crippen LogP contribution in [0.1, 0.15) is 24.1 Å². The molecule has 1 amide bonds. The number of aromatic nitrogens is 1. The Labute approximate surface area is 187 Å². The Balaban J connectivity index is 1.50. The third-order valence-corrected chi connectivity index (χ3v) is 7.69. The molecule has 1 aliphatic heterocycles. The van der Waals surface area contributed by atoms with Gasteiger partial charge in [0.15, 0.2) is 4.34 Å². The lowest BCUT2D eigenvalue weighted by Crippen LogP contribution is -2.44. The van der Waals surface area contributed by atoms with Crippen LogP contribution in [0.15, 0.2) is 67.6 Å². The highest BCUT2D eigenvalue weighted by Gasteiger charge is 2.41. The molecule has 4 rings (SSSR count). The highest BCUT2D eigenvalue weighted by molar-refractivity contribution is 9.10. The molecule has 2 heterocycles. The summed E-state index contributed by atoms with van der Waals surface area (Å²) in [5.41, 5.74) is 2.31. The van der Waals surface area contributed by atoms with Crippen LogP contribution in [0, 0.1) is 6.92 Å². The first-order valence-electron chi connectivity index (χ1n) is 9.40. The average Bonchev–Trinajstić information content (AvgIpc) is 3.15. The van der Waals surface area contributed by atoms with Crippen molar-refractivity contribution in [3.63, 3.8) is 0 Å². The smallest absolute Gasteiger partial charge is 0.235 e. The van der Waals surface area contributed by atoms with Crippen molar-refractivity contribution in [2.45, 2.75) is 34.4 Å². The van der Waals surface area contributed by atoms with E-state index < -0.39 is 5.41 Å². The van der Waals surface area contributed by atoms with E-state index >= 15 is 0 Å². The molecule has 3 aromatic rings. The van der Waals surface area contributed by atoms with Crippen molar-refractivity contribution in [2.24, 2.45) is 0 Å². The summed E-state index contributed by atoms with van der Waals surface area (Å²) in [4.78, 5) is 18.9. The van der Waals surface area contributed by atoms with Crippen molar-refractivity contribution < 1.29 is 9.53 Å². The fraction of sp³-hybridized carbons (Fsp3) is 0.273. The van der Waals surface area contributed by atoms with Crippen LogP contribution in [0.2, 0.25) is 0 Å². The maximum Gasteiger partial charge on any atom is 0.235 e. The van der Waals surface area contributed by atoms with Gasteiger partial charge in [-0.15, -0.1) is 11.3 Å². The first-order chi connectivity index (χ1) is 14.0. The van der Waals surface area contributed by atoms with Crippen LogP contribution in [0.3, 0.4) is 0 Å². The minimum absolute atomic E-state index is 0.0269. The zero-order valence-electron chi connectivity index (χ0n) is 16.0. The Bertz CT molecular complexity index is 981. The Morgan fingerprint density at radius 1 is 1.14 bits per heavy atom. The SMILES string of the molecule is Cc1csc(Sc2ccc(NC(=O)C3(c4ccc(Br)cc4)CCOCC3)cc2)n1. The molecule has 150 valence electrons. The van der Waals surface area contributed by atoms with Gasteiger partial charge in [-0.1, -0.05) is 39.8 Å². The van der Waals surface area contributed by atoms with Gasteiger partial charge in [-0.2, -0.15) is 0 Å². The number of carbonyl (C=O) groups excluding carboxylic acids is 1. The summed E-state index contributed by atoms with van der Waals surface area (Å²) in [5.74, 6) is 0.0269. The van der Waals surface area contributed by atoms with Crippen molar-refractivity contribution in [1.82, 2.24) is 4.98 Å². The van der Waals surface area contributed by atoms with E-state index in [0.29, 0.717) is 26.1 Å². The van der Waals surface area contributed by atoms with E-state index in [9.17, 15) is 4.79 Å². The van der Waals surface area contributed by atoms with E-state index in [1.54, 1.807) is 23.1 Å². The van der Waals surface area contributed by atoms with Gasteiger partial charge in [0.2, 0.25) is 5.91 Å². The lowest BCUT2D eigenvalue weighted by Gasteiger charge is -2.36. The summed E-state index contributed by atoms with van der Waals surface area (Å²) in [5, 5.41) is 5.18. The highest BCUT2D eigenvalue weighted by atomic mass is 79.9. The van der Waals surface area contributed by atoms with Gasteiger partial charge in [-0.05, 0) is 61.7 Å². The number of hydrogen-bond donors (Lipinski definition) is 1. The number of nitrogens with one attached hydrogen (secondary N) is 1. The first-order valence-corrected chi connectivity index (χ1v) is 11.9. The number of rotatable bonds is 5. The fourth-order valence-corrected chi connectivity index (χ4v) is 5.55. The third-order valence-electron chi connectivity index (χ3n) is 5.09. The molecule has 0 unspecified atom stereocenters. The van der Waals surface area contributed by atoms with E-state index in [2.05, 4.69) is 26.2 Å². The molecule has 4 nitrogen and oxygen atoms in total. The molecule has 1 aliphatic rings. The van der Waals surface area contributed by atoms with Crippen LogP contribution in [-0.2, 0) is 14.9 Å². The van der Waals surface area contributed by atoms with Crippen molar-refractivity contribution >= 4 is 50.6 Å². The molecular formula is C22H21BrN2O2S2. The summed E-state index contributed by atoms with van der Waals surface area (Å²) in [6.45, 7) is 3.18. The van der Waals surface area contributed by atoms with Crippen molar-refractivity contribution in [2.75, 3.05) is 18.5 Å². The molecule has 0 radical (unpaired) electrons. The maximum atomic E-state index is 13.4. The Morgan fingerprint density at radius 2 is 1.83 bits per heavy atom. The van der Waals surface area contributed by atoms with Crippen molar-refractivity contribution in [3.05, 3.63) is 69.6 Å². The third kappa shape index (κ3) is 4.74. The van der Waals surface area contributed by atoms with Gasteiger partial charge in [-0.25, -0.2) is 4.98 Å². The monoisotopic (exact) mass is 488 g/mol. The summed E-state index contributed by atoms with van der Waals surface area (Å²) in [7, 11) is 0. The van der Waals surface area contributed by atoms with Crippen LogP contribution in [0.4, 0.5) is 5.69 Å². The summed E-state index contributed by atoms with van der Waals surface area (Å²) in [6.07, 6.45) is 1.36. The lowest BCUT2D eigenvalue weighted by atomic mass is 9.73. The molecule has 1 N–H and O–H groups in total. The molecule has 0 aliphatic carbocycles. The largest absolute Gasteiger partial charge is 0.381 e. The topological polar surface area (TPSA) is 51.2 Å². The number of amides is 1. The van der Waals surface area contributed by atoms with E-state index in [1.807, 2.05) is 60.8 Å². The van der Waals surface area contributed by atoms with Crippen LogP contribution in [0.5, 0.6) is 0 Å². The van der Waals surface area contributed by atoms with Gasteiger partial charge in [0.1, 0.15) is 0 Å². The number of thiazole rings is 1. The predicted molar refractivity (Wildman–Crippen MR) is 122 cm³/mol. The second-order valence-electron chi connectivity index (χ2n) is 7.04. The van der Waals surface area contributed by atoms with E-state index in [1.165, 1.54) is 0 Å². The number of ether oxygens (including phenoxy) is 1. The van der Waals surface area contributed by atoms with Crippen molar-refractivity contribution in [1.29, 1.82) is 0 Å². The standard InChI is InChI=1S/C22H21BrN2O2S2/c1-15-14-28-21(24-15)29-19-8-6-18(7-9-19)25-20(26)22(10-12-27-13-11-22)16-2-4-17(23)5-3-16/h2-9,14H,10-13H2,1H3,(H,25,26).